The standard InChI is InChI=1S/C18H22N2O3S/c1-4-15-7-5-6-8-17(15)20-18(21)12-19-24(22,23)16-10-9-13(2)14(3)11-16/h5-11,19H,4,12H2,1-3H3,(H,20,21). The predicted octanol–water partition coefficient (Wildman–Crippen LogP) is 2.78. The van der Waals surface area contributed by atoms with Crippen molar-refractivity contribution in [2.24, 2.45) is 0 Å². The molecule has 0 aromatic heterocycles. The second kappa shape index (κ2) is 7.59. The van der Waals surface area contributed by atoms with Gasteiger partial charge in [0.1, 0.15) is 0 Å². The fourth-order valence-electron chi connectivity index (χ4n) is 2.27. The van der Waals surface area contributed by atoms with Crippen LogP contribution in [0.15, 0.2) is 47.4 Å². The number of hydrogen-bond acceptors (Lipinski definition) is 3. The van der Waals surface area contributed by atoms with Crippen molar-refractivity contribution >= 4 is 21.6 Å². The molecule has 5 nitrogen and oxygen atoms in total. The third-order valence-corrected chi connectivity index (χ3v) is 5.28. The van der Waals surface area contributed by atoms with Crippen LogP contribution in [0.1, 0.15) is 23.6 Å². The monoisotopic (exact) mass is 346 g/mol. The van der Waals surface area contributed by atoms with Crippen LogP contribution in [-0.4, -0.2) is 20.9 Å². The Labute approximate surface area is 143 Å². The largest absolute Gasteiger partial charge is 0.325 e. The maximum Gasteiger partial charge on any atom is 0.241 e. The van der Waals surface area contributed by atoms with E-state index in [4.69, 9.17) is 0 Å². The van der Waals surface area contributed by atoms with Crippen molar-refractivity contribution in [2.45, 2.75) is 32.1 Å². The number of rotatable bonds is 6. The van der Waals surface area contributed by atoms with Gasteiger partial charge in [-0.25, -0.2) is 13.1 Å². The first-order valence-electron chi connectivity index (χ1n) is 7.78. The summed E-state index contributed by atoms with van der Waals surface area (Å²) >= 11 is 0. The Hall–Kier alpha value is -2.18. The molecule has 6 heteroatoms. The summed E-state index contributed by atoms with van der Waals surface area (Å²) in [5.41, 5.74) is 3.61. The van der Waals surface area contributed by atoms with E-state index >= 15 is 0 Å². The van der Waals surface area contributed by atoms with Crippen LogP contribution in [-0.2, 0) is 21.2 Å². The van der Waals surface area contributed by atoms with Gasteiger partial charge in [0.25, 0.3) is 0 Å². The first-order chi connectivity index (χ1) is 11.3. The molecule has 0 saturated heterocycles. The molecule has 0 fully saturated rings. The molecule has 0 atom stereocenters. The van der Waals surface area contributed by atoms with Crippen LogP contribution in [0.3, 0.4) is 0 Å². The van der Waals surface area contributed by atoms with E-state index in [0.29, 0.717) is 5.69 Å². The molecule has 24 heavy (non-hydrogen) atoms. The van der Waals surface area contributed by atoms with Crippen LogP contribution in [0.25, 0.3) is 0 Å². The van der Waals surface area contributed by atoms with Gasteiger partial charge in [0.2, 0.25) is 15.9 Å². The lowest BCUT2D eigenvalue weighted by molar-refractivity contribution is -0.115. The van der Waals surface area contributed by atoms with Gasteiger partial charge in [-0.15, -0.1) is 0 Å². The Balaban J connectivity index is 2.03. The Morgan fingerprint density at radius 3 is 2.42 bits per heavy atom. The molecule has 2 N–H and O–H groups in total. The number of carbonyl (C=O) groups is 1. The van der Waals surface area contributed by atoms with Crippen molar-refractivity contribution < 1.29 is 13.2 Å². The smallest absolute Gasteiger partial charge is 0.241 e. The van der Waals surface area contributed by atoms with Gasteiger partial charge in [0, 0.05) is 5.69 Å². The molecular formula is C18H22N2O3S. The van der Waals surface area contributed by atoms with Crippen LogP contribution in [0.5, 0.6) is 0 Å². The summed E-state index contributed by atoms with van der Waals surface area (Å²) in [6, 6.07) is 12.3. The molecule has 0 heterocycles. The zero-order valence-corrected chi connectivity index (χ0v) is 14.9. The third kappa shape index (κ3) is 4.43. The summed E-state index contributed by atoms with van der Waals surface area (Å²) in [4.78, 5) is 12.2. The average molecular weight is 346 g/mol. The summed E-state index contributed by atoms with van der Waals surface area (Å²) in [7, 11) is -3.71. The molecule has 0 radical (unpaired) electrons. The highest BCUT2D eigenvalue weighted by Crippen LogP contribution is 2.16. The number of carbonyl (C=O) groups excluding carboxylic acids is 1. The quantitative estimate of drug-likeness (QED) is 0.844. The molecule has 0 spiro atoms. The fraction of sp³-hybridized carbons (Fsp3) is 0.278. The molecule has 0 unspecified atom stereocenters. The molecule has 128 valence electrons. The second-order valence-corrected chi connectivity index (χ2v) is 7.40. The lowest BCUT2D eigenvalue weighted by atomic mass is 10.1. The summed E-state index contributed by atoms with van der Waals surface area (Å²) in [6.45, 7) is 5.45. The van der Waals surface area contributed by atoms with E-state index < -0.39 is 15.9 Å². The number of nitrogens with one attached hydrogen (secondary N) is 2. The molecule has 0 aliphatic rings. The molecule has 0 aliphatic heterocycles. The van der Waals surface area contributed by atoms with Gasteiger partial charge in [-0.1, -0.05) is 31.2 Å². The number of benzene rings is 2. The minimum absolute atomic E-state index is 0.160. The number of hydrogen-bond donors (Lipinski definition) is 2. The van der Waals surface area contributed by atoms with Crippen molar-refractivity contribution in [3.63, 3.8) is 0 Å². The Kier molecular flexibility index (Phi) is 5.75. The van der Waals surface area contributed by atoms with E-state index in [1.165, 1.54) is 6.07 Å². The van der Waals surface area contributed by atoms with Gasteiger partial charge in [0.05, 0.1) is 11.4 Å². The molecule has 0 saturated carbocycles. The normalized spacial score (nSPS) is 11.3. The zero-order valence-electron chi connectivity index (χ0n) is 14.1. The lowest BCUT2D eigenvalue weighted by Crippen LogP contribution is -2.33. The van der Waals surface area contributed by atoms with E-state index in [9.17, 15) is 13.2 Å². The van der Waals surface area contributed by atoms with Gasteiger partial charge in [-0.2, -0.15) is 0 Å². The summed E-state index contributed by atoms with van der Waals surface area (Å²) in [5.74, 6) is -0.400. The Bertz CT molecular complexity index is 845. The average Bonchev–Trinajstić information content (AvgIpc) is 2.56. The zero-order chi connectivity index (χ0) is 17.7. The topological polar surface area (TPSA) is 75.3 Å². The molecule has 0 aliphatic carbocycles. The van der Waals surface area contributed by atoms with Crippen LogP contribution >= 0.6 is 0 Å². The van der Waals surface area contributed by atoms with Crippen molar-refractivity contribution in [3.05, 3.63) is 59.2 Å². The summed E-state index contributed by atoms with van der Waals surface area (Å²) < 4.78 is 26.9. The van der Waals surface area contributed by atoms with Crippen LogP contribution in [0.4, 0.5) is 5.69 Å². The minimum Gasteiger partial charge on any atom is -0.325 e. The summed E-state index contributed by atoms with van der Waals surface area (Å²) in [6.07, 6.45) is 0.783. The highest BCUT2D eigenvalue weighted by atomic mass is 32.2. The molecule has 2 aromatic rings. The number of sulfonamides is 1. The van der Waals surface area contributed by atoms with E-state index in [1.54, 1.807) is 18.2 Å². The van der Waals surface area contributed by atoms with Crippen molar-refractivity contribution in [3.8, 4) is 0 Å². The van der Waals surface area contributed by atoms with Gasteiger partial charge in [-0.3, -0.25) is 4.79 Å². The van der Waals surface area contributed by atoms with Crippen molar-refractivity contribution in [2.75, 3.05) is 11.9 Å². The SMILES string of the molecule is CCc1ccccc1NC(=O)CNS(=O)(=O)c1ccc(C)c(C)c1. The molecular weight excluding hydrogens is 324 g/mol. The molecule has 2 aromatic carbocycles. The molecule has 2 rings (SSSR count). The predicted molar refractivity (Wildman–Crippen MR) is 95.6 cm³/mol. The highest BCUT2D eigenvalue weighted by Gasteiger charge is 2.16. The van der Waals surface area contributed by atoms with Gasteiger partial charge in [-0.05, 0) is 55.2 Å². The molecule has 0 bridgehead atoms. The Morgan fingerprint density at radius 1 is 1.04 bits per heavy atom. The second-order valence-electron chi connectivity index (χ2n) is 5.63. The van der Waals surface area contributed by atoms with Crippen LogP contribution in [0, 0.1) is 13.8 Å². The van der Waals surface area contributed by atoms with E-state index in [-0.39, 0.29) is 11.4 Å². The first kappa shape index (κ1) is 18.2. The lowest BCUT2D eigenvalue weighted by Gasteiger charge is -2.11. The highest BCUT2D eigenvalue weighted by molar-refractivity contribution is 7.89. The van der Waals surface area contributed by atoms with Crippen LogP contribution in [0.2, 0.25) is 0 Å². The number of anilines is 1. The van der Waals surface area contributed by atoms with E-state index in [2.05, 4.69) is 10.0 Å². The van der Waals surface area contributed by atoms with E-state index in [0.717, 1.165) is 23.1 Å². The number of para-hydroxylation sites is 1. The first-order valence-corrected chi connectivity index (χ1v) is 9.26. The number of aryl methyl sites for hydroxylation is 3. The fourth-order valence-corrected chi connectivity index (χ4v) is 3.34. The minimum atomic E-state index is -3.71. The van der Waals surface area contributed by atoms with Crippen LogP contribution < -0.4 is 10.0 Å². The third-order valence-electron chi connectivity index (χ3n) is 3.88. The van der Waals surface area contributed by atoms with Gasteiger partial charge < -0.3 is 5.32 Å². The van der Waals surface area contributed by atoms with E-state index in [1.807, 2.05) is 39.0 Å². The van der Waals surface area contributed by atoms with Crippen molar-refractivity contribution in [1.29, 1.82) is 0 Å². The number of amides is 1. The van der Waals surface area contributed by atoms with Gasteiger partial charge >= 0.3 is 0 Å². The maximum atomic E-state index is 12.3. The van der Waals surface area contributed by atoms with Gasteiger partial charge in [0.15, 0.2) is 0 Å². The molecule has 1 amide bonds. The van der Waals surface area contributed by atoms with Crippen molar-refractivity contribution in [1.82, 2.24) is 4.72 Å². The maximum absolute atomic E-state index is 12.3. The summed E-state index contributed by atoms with van der Waals surface area (Å²) in [5, 5.41) is 2.74. The Morgan fingerprint density at radius 2 is 1.75 bits per heavy atom.